The fraction of sp³-hybridized carbons (Fsp3) is 0.370. The van der Waals surface area contributed by atoms with Gasteiger partial charge in [0.25, 0.3) is 11.5 Å². The van der Waals surface area contributed by atoms with Crippen LogP contribution in [0.2, 0.25) is 0 Å². The van der Waals surface area contributed by atoms with E-state index >= 15 is 0 Å². The Hall–Kier alpha value is -4.28. The van der Waals surface area contributed by atoms with Crippen LogP contribution in [0.1, 0.15) is 47.6 Å². The van der Waals surface area contributed by atoms with Crippen molar-refractivity contribution in [1.29, 1.82) is 0 Å². The van der Waals surface area contributed by atoms with Crippen LogP contribution in [0.3, 0.4) is 0 Å². The fourth-order valence-corrected chi connectivity index (χ4v) is 5.46. The lowest BCUT2D eigenvalue weighted by Crippen LogP contribution is -2.54. The number of hydrogen-bond acceptors (Lipinski definition) is 6. The van der Waals surface area contributed by atoms with Gasteiger partial charge in [0.05, 0.1) is 0 Å². The van der Waals surface area contributed by atoms with Crippen molar-refractivity contribution in [3.63, 3.8) is 0 Å². The summed E-state index contributed by atoms with van der Waals surface area (Å²) in [5.74, 6) is -0.913. The van der Waals surface area contributed by atoms with Gasteiger partial charge in [0.2, 0.25) is 5.75 Å². The van der Waals surface area contributed by atoms with E-state index in [1.807, 2.05) is 0 Å². The minimum atomic E-state index is -0.952. The molecule has 2 aliphatic heterocycles. The van der Waals surface area contributed by atoms with Crippen LogP contribution in [0.25, 0.3) is 0 Å². The summed E-state index contributed by atoms with van der Waals surface area (Å²) in [5.41, 5.74) is -1.42. The number of carbonyl (C=O) groups is 2. The van der Waals surface area contributed by atoms with Crippen LogP contribution in [-0.2, 0) is 18.6 Å². The Morgan fingerprint density at radius 3 is 2.53 bits per heavy atom. The first-order valence-electron chi connectivity index (χ1n) is 12.5. The molecule has 10 nitrogen and oxygen atoms in total. The highest BCUT2D eigenvalue weighted by Gasteiger charge is 2.49. The number of benzene rings is 1. The van der Waals surface area contributed by atoms with Gasteiger partial charge in [-0.05, 0) is 61.4 Å². The third kappa shape index (κ3) is 4.37. The number of nitrogens with zero attached hydrogens (tertiary/aromatic N) is 5. The van der Waals surface area contributed by atoms with E-state index in [2.05, 4.69) is 15.3 Å². The topological polar surface area (TPSA) is 121 Å². The standard InChI is InChI=1S/C27H29FN6O4/c1-32(20-5-3-4-14-29-20)26(38)33(2)27-12-10-18(11-13-27)16-34-24(37)22(35)21(31-25(27)34)23(36)30-15-17-6-8-19(28)9-7-17/h3-9,14,18,35H,10-13,15-16H2,1-2H3,(H,30,36). The molecule has 1 aromatic carbocycles. The van der Waals surface area contributed by atoms with Crippen molar-refractivity contribution in [1.82, 2.24) is 24.8 Å². The van der Waals surface area contributed by atoms with E-state index in [9.17, 15) is 23.9 Å². The van der Waals surface area contributed by atoms with Gasteiger partial charge in [-0.15, -0.1) is 0 Å². The monoisotopic (exact) mass is 520 g/mol. The Morgan fingerprint density at radius 2 is 1.87 bits per heavy atom. The summed E-state index contributed by atoms with van der Waals surface area (Å²) in [6.45, 7) is 0.408. The summed E-state index contributed by atoms with van der Waals surface area (Å²) >= 11 is 0. The molecular weight excluding hydrogens is 491 g/mol. The second-order valence-corrected chi connectivity index (χ2v) is 9.92. The van der Waals surface area contributed by atoms with Crippen LogP contribution in [-0.4, -0.2) is 50.6 Å². The number of aromatic nitrogens is 3. The molecule has 38 heavy (non-hydrogen) atoms. The number of carbonyl (C=O) groups excluding carboxylic acids is 2. The highest BCUT2D eigenvalue weighted by atomic mass is 19.1. The van der Waals surface area contributed by atoms with Crippen molar-refractivity contribution in [2.75, 3.05) is 19.0 Å². The summed E-state index contributed by atoms with van der Waals surface area (Å²) in [6.07, 6.45) is 4.25. The molecule has 0 radical (unpaired) electrons. The molecule has 3 amide bonds. The SMILES string of the molecule is CN(C(=O)N(C)C12CCC(CC1)Cn1c2nc(C(=O)NCc2ccc(F)cc2)c(O)c1=O)c1ccccn1. The molecule has 1 saturated carbocycles. The highest BCUT2D eigenvalue weighted by Crippen LogP contribution is 2.46. The van der Waals surface area contributed by atoms with Crippen LogP contribution >= 0.6 is 0 Å². The van der Waals surface area contributed by atoms with E-state index in [-0.39, 0.29) is 24.3 Å². The summed E-state index contributed by atoms with van der Waals surface area (Å²) in [4.78, 5) is 51.9. The zero-order valence-electron chi connectivity index (χ0n) is 21.2. The molecule has 0 unspecified atom stereocenters. The maximum atomic E-state index is 13.6. The van der Waals surface area contributed by atoms with E-state index in [4.69, 9.17) is 0 Å². The van der Waals surface area contributed by atoms with E-state index in [0.29, 0.717) is 30.8 Å². The quantitative estimate of drug-likeness (QED) is 0.534. The Balaban J connectivity index is 1.51. The van der Waals surface area contributed by atoms with Gasteiger partial charge in [-0.2, -0.15) is 0 Å². The fourth-order valence-electron chi connectivity index (χ4n) is 5.46. The highest BCUT2D eigenvalue weighted by molar-refractivity contribution is 5.95. The van der Waals surface area contributed by atoms with Gasteiger partial charge in [0.15, 0.2) is 5.69 Å². The molecule has 3 aromatic rings. The second kappa shape index (κ2) is 9.88. The molecule has 3 aliphatic rings. The Morgan fingerprint density at radius 1 is 1.16 bits per heavy atom. The molecule has 6 rings (SSSR count). The zero-order chi connectivity index (χ0) is 27.0. The second-order valence-electron chi connectivity index (χ2n) is 9.92. The van der Waals surface area contributed by atoms with Crippen molar-refractivity contribution in [2.24, 2.45) is 5.92 Å². The molecule has 1 fully saturated rings. The molecular formula is C27H29FN6O4. The van der Waals surface area contributed by atoms with Crippen molar-refractivity contribution >= 4 is 17.8 Å². The molecule has 0 atom stereocenters. The summed E-state index contributed by atoms with van der Waals surface area (Å²) < 4.78 is 14.6. The number of fused-ring (bicyclic) bond motifs is 2. The summed E-state index contributed by atoms with van der Waals surface area (Å²) in [6, 6.07) is 10.6. The van der Waals surface area contributed by atoms with Gasteiger partial charge in [-0.3, -0.25) is 19.1 Å². The van der Waals surface area contributed by atoms with Crippen LogP contribution in [0, 0.1) is 11.7 Å². The predicted octanol–water partition coefficient (Wildman–Crippen LogP) is 3.00. The van der Waals surface area contributed by atoms with E-state index in [1.54, 1.807) is 43.4 Å². The maximum Gasteiger partial charge on any atom is 0.325 e. The number of hydrogen-bond donors (Lipinski definition) is 2. The number of nitrogens with one attached hydrogen (secondary N) is 1. The molecule has 2 aromatic heterocycles. The number of halogens is 1. The smallest absolute Gasteiger partial charge is 0.325 e. The number of urea groups is 1. The van der Waals surface area contributed by atoms with Crippen LogP contribution in [0.15, 0.2) is 53.5 Å². The van der Waals surface area contributed by atoms with Crippen molar-refractivity contribution < 1.29 is 19.1 Å². The first-order chi connectivity index (χ1) is 18.2. The lowest BCUT2D eigenvalue weighted by Gasteiger charge is -2.44. The van der Waals surface area contributed by atoms with Gasteiger partial charge >= 0.3 is 6.03 Å². The van der Waals surface area contributed by atoms with E-state index < -0.39 is 34.3 Å². The lowest BCUT2D eigenvalue weighted by atomic mass is 9.76. The van der Waals surface area contributed by atoms with Gasteiger partial charge in [0, 0.05) is 33.4 Å². The van der Waals surface area contributed by atoms with Crippen molar-refractivity contribution in [2.45, 2.75) is 44.3 Å². The molecule has 198 valence electrons. The minimum absolute atomic E-state index is 0.0547. The van der Waals surface area contributed by atoms with Gasteiger partial charge in [0.1, 0.15) is 23.0 Å². The van der Waals surface area contributed by atoms with Gasteiger partial charge in [-0.1, -0.05) is 18.2 Å². The first kappa shape index (κ1) is 25.4. The summed E-state index contributed by atoms with van der Waals surface area (Å²) in [5, 5.41) is 13.4. The Bertz CT molecular complexity index is 1420. The molecule has 2 bridgehead atoms. The van der Waals surface area contributed by atoms with Crippen molar-refractivity contribution in [3.8, 4) is 5.75 Å². The van der Waals surface area contributed by atoms with Crippen LogP contribution < -0.4 is 15.8 Å². The van der Waals surface area contributed by atoms with Crippen LogP contribution in [0.4, 0.5) is 15.0 Å². The lowest BCUT2D eigenvalue weighted by molar-refractivity contribution is 0.0850. The van der Waals surface area contributed by atoms with Crippen LogP contribution in [0.5, 0.6) is 5.75 Å². The average Bonchev–Trinajstić information content (AvgIpc) is 3.21. The molecule has 0 spiro atoms. The van der Waals surface area contributed by atoms with Gasteiger partial charge < -0.3 is 15.3 Å². The number of aromatic hydroxyl groups is 1. The molecule has 11 heteroatoms. The largest absolute Gasteiger partial charge is 0.501 e. The Labute approximate surface area is 218 Å². The normalized spacial score (nSPS) is 19.8. The number of anilines is 1. The summed E-state index contributed by atoms with van der Waals surface area (Å²) in [7, 11) is 3.30. The van der Waals surface area contributed by atoms with Crippen molar-refractivity contribution in [3.05, 3.63) is 81.9 Å². The number of amides is 3. The third-order valence-electron chi connectivity index (χ3n) is 7.72. The average molecular weight is 521 g/mol. The first-order valence-corrected chi connectivity index (χ1v) is 12.5. The maximum absolute atomic E-state index is 13.6. The van der Waals surface area contributed by atoms with E-state index in [0.717, 1.165) is 12.8 Å². The minimum Gasteiger partial charge on any atom is -0.501 e. The third-order valence-corrected chi connectivity index (χ3v) is 7.72. The Kier molecular flexibility index (Phi) is 6.60. The molecule has 2 N–H and O–H groups in total. The molecule has 0 saturated heterocycles. The predicted molar refractivity (Wildman–Crippen MR) is 137 cm³/mol. The zero-order valence-corrected chi connectivity index (χ0v) is 21.2. The number of rotatable bonds is 5. The number of pyridine rings is 1. The molecule has 4 heterocycles. The molecule has 1 aliphatic carbocycles. The van der Waals surface area contributed by atoms with Gasteiger partial charge in [-0.25, -0.2) is 19.2 Å². The van der Waals surface area contributed by atoms with E-state index in [1.165, 1.54) is 33.7 Å².